The minimum Gasteiger partial charge on any atom is -0.657 e. The summed E-state index contributed by atoms with van der Waals surface area (Å²) in [5, 5.41) is 4.70. The zero-order valence-corrected chi connectivity index (χ0v) is 14.3. The molecule has 0 aromatic carbocycles. The molecule has 2 nitrogen and oxygen atoms in total. The zero-order valence-electron chi connectivity index (χ0n) is 11.6. The van der Waals surface area contributed by atoms with E-state index >= 15 is 0 Å². The molecule has 0 aromatic rings. The van der Waals surface area contributed by atoms with Crippen molar-refractivity contribution >= 4 is 5.78 Å². The van der Waals surface area contributed by atoms with E-state index in [-0.39, 0.29) is 26.3 Å². The van der Waals surface area contributed by atoms with E-state index in [2.05, 4.69) is 13.8 Å². The summed E-state index contributed by atoms with van der Waals surface area (Å²) in [5.41, 5.74) is 0. The molecule has 1 radical (unpaired) electrons. The number of carbonyl (C=O) groups excluding carboxylic acids is 1. The molecule has 1 aliphatic carbocycles. The van der Waals surface area contributed by atoms with Crippen LogP contribution >= 0.6 is 0 Å². The van der Waals surface area contributed by atoms with E-state index in [9.17, 15) is 4.79 Å². The topological polar surface area (TPSA) is 31.2 Å². The first-order valence-electron chi connectivity index (χ1n) is 6.71. The molecular formula is C14H26NORe-. The number of carbonyl (C=O) groups is 1. The van der Waals surface area contributed by atoms with Crippen LogP contribution in [0.2, 0.25) is 0 Å². The van der Waals surface area contributed by atoms with Crippen LogP contribution in [0.15, 0.2) is 0 Å². The number of hydrogen-bond donors (Lipinski definition) is 0. The van der Waals surface area contributed by atoms with Crippen molar-refractivity contribution in [3.05, 3.63) is 5.32 Å². The second-order valence-corrected chi connectivity index (χ2v) is 5.74. The van der Waals surface area contributed by atoms with E-state index in [0.29, 0.717) is 23.8 Å². The van der Waals surface area contributed by atoms with Crippen LogP contribution in [-0.4, -0.2) is 17.9 Å². The normalized spacial score (nSPS) is 24.8. The van der Waals surface area contributed by atoms with E-state index in [0.717, 1.165) is 6.42 Å². The maximum Gasteiger partial charge on any atom is 0.135 e. The van der Waals surface area contributed by atoms with Gasteiger partial charge in [-0.05, 0) is 5.92 Å². The van der Waals surface area contributed by atoms with Gasteiger partial charge in [0.05, 0.1) is 0 Å². The first-order valence-corrected chi connectivity index (χ1v) is 6.71. The number of rotatable bonds is 5. The molecule has 0 spiro atoms. The predicted octanol–water partition coefficient (Wildman–Crippen LogP) is 3.94. The molecule has 0 amide bonds. The van der Waals surface area contributed by atoms with Crippen molar-refractivity contribution in [3.63, 3.8) is 0 Å². The van der Waals surface area contributed by atoms with E-state index in [1.807, 2.05) is 13.8 Å². The van der Waals surface area contributed by atoms with Gasteiger partial charge < -0.3 is 5.32 Å². The second kappa shape index (κ2) is 8.40. The molecule has 0 atom stereocenters. The molecule has 0 unspecified atom stereocenters. The Morgan fingerprint density at radius 2 is 1.65 bits per heavy atom. The maximum atomic E-state index is 11.6. The minimum atomic E-state index is 0. The second-order valence-electron chi connectivity index (χ2n) is 5.74. The van der Waals surface area contributed by atoms with E-state index < -0.39 is 0 Å². The summed E-state index contributed by atoms with van der Waals surface area (Å²) >= 11 is 0. The van der Waals surface area contributed by atoms with Crippen molar-refractivity contribution in [2.75, 3.05) is 0 Å². The summed E-state index contributed by atoms with van der Waals surface area (Å²) in [5.74, 6) is 1.27. The van der Waals surface area contributed by atoms with Gasteiger partial charge >= 0.3 is 0 Å². The molecule has 1 aliphatic rings. The third kappa shape index (κ3) is 6.70. The van der Waals surface area contributed by atoms with Gasteiger partial charge in [0.1, 0.15) is 5.78 Å². The quantitative estimate of drug-likeness (QED) is 0.675. The van der Waals surface area contributed by atoms with Crippen LogP contribution in [0.5, 0.6) is 0 Å². The van der Waals surface area contributed by atoms with Crippen molar-refractivity contribution in [1.82, 2.24) is 0 Å². The van der Waals surface area contributed by atoms with Crippen LogP contribution in [0.4, 0.5) is 0 Å². The number of ketones is 1. The summed E-state index contributed by atoms with van der Waals surface area (Å²) in [6.07, 6.45) is 5.56. The third-order valence-electron chi connectivity index (χ3n) is 3.46. The van der Waals surface area contributed by atoms with Crippen LogP contribution in [0, 0.1) is 11.8 Å². The van der Waals surface area contributed by atoms with Crippen LogP contribution in [0.3, 0.4) is 0 Å². The minimum absolute atomic E-state index is 0. The molecule has 0 aromatic heterocycles. The molecule has 0 bridgehead atoms. The molecule has 1 fully saturated rings. The summed E-state index contributed by atoms with van der Waals surface area (Å²) in [6.45, 7) is 8.30. The van der Waals surface area contributed by atoms with E-state index in [1.54, 1.807) is 0 Å². The first-order chi connectivity index (χ1) is 7.49. The van der Waals surface area contributed by atoms with E-state index in [4.69, 9.17) is 5.32 Å². The van der Waals surface area contributed by atoms with Crippen molar-refractivity contribution in [3.8, 4) is 0 Å². The van der Waals surface area contributed by atoms with Crippen molar-refractivity contribution in [2.24, 2.45) is 11.8 Å². The van der Waals surface area contributed by atoms with Gasteiger partial charge in [-0.25, -0.2) is 0 Å². The molecule has 1 rings (SSSR count). The average molecular weight is 411 g/mol. The van der Waals surface area contributed by atoms with Crippen molar-refractivity contribution < 1.29 is 25.2 Å². The van der Waals surface area contributed by atoms with Gasteiger partial charge in [0.2, 0.25) is 0 Å². The van der Waals surface area contributed by atoms with Crippen LogP contribution in [-0.2, 0) is 25.2 Å². The van der Waals surface area contributed by atoms with Crippen molar-refractivity contribution in [1.29, 1.82) is 0 Å². The largest absolute Gasteiger partial charge is 0.657 e. The SMILES string of the molecule is CC(C)[N-]C1CCC(CC(=O)C(C)C)CC1.[Re]. The standard InChI is InChI=1S/C14H26NO.Re/c1-10(2)14(16)9-12-5-7-13(8-6-12)15-11(3)4;/h10-13H,5-9H2,1-4H3;/q-1;. The monoisotopic (exact) mass is 411 g/mol. The Kier molecular flexibility index (Phi) is 8.55. The summed E-state index contributed by atoms with van der Waals surface area (Å²) < 4.78 is 0. The number of nitrogens with zero attached hydrogens (tertiary/aromatic N) is 1. The maximum absolute atomic E-state index is 11.6. The number of hydrogen-bond acceptors (Lipinski definition) is 1. The van der Waals surface area contributed by atoms with Gasteiger partial charge in [0.25, 0.3) is 0 Å². The summed E-state index contributed by atoms with van der Waals surface area (Å²) in [7, 11) is 0. The Morgan fingerprint density at radius 1 is 1.12 bits per heavy atom. The Hall–Kier alpha value is 0.292. The molecule has 0 N–H and O–H groups in total. The van der Waals surface area contributed by atoms with Gasteiger partial charge in [-0.1, -0.05) is 53.4 Å². The molecule has 101 valence electrons. The van der Waals surface area contributed by atoms with Gasteiger partial charge in [-0.2, -0.15) is 0 Å². The van der Waals surface area contributed by atoms with E-state index in [1.165, 1.54) is 25.7 Å². The molecule has 3 heteroatoms. The van der Waals surface area contributed by atoms with Crippen LogP contribution < -0.4 is 0 Å². The smallest absolute Gasteiger partial charge is 0.135 e. The van der Waals surface area contributed by atoms with Gasteiger partial charge in [0.15, 0.2) is 0 Å². The Balaban J connectivity index is 0.00000256. The molecule has 0 aliphatic heterocycles. The van der Waals surface area contributed by atoms with Crippen LogP contribution in [0.1, 0.15) is 59.8 Å². The van der Waals surface area contributed by atoms with Gasteiger partial charge in [-0.3, -0.25) is 4.79 Å². The first kappa shape index (κ1) is 17.3. The Morgan fingerprint density at radius 3 is 2.06 bits per heavy atom. The fourth-order valence-electron chi connectivity index (χ4n) is 2.44. The summed E-state index contributed by atoms with van der Waals surface area (Å²) in [6, 6.07) is 1.02. The third-order valence-corrected chi connectivity index (χ3v) is 3.46. The average Bonchev–Trinajstić information content (AvgIpc) is 2.20. The molecule has 17 heavy (non-hydrogen) atoms. The molecule has 0 saturated heterocycles. The van der Waals surface area contributed by atoms with Gasteiger partial charge in [0, 0.05) is 32.8 Å². The Labute approximate surface area is 120 Å². The summed E-state index contributed by atoms with van der Waals surface area (Å²) in [4.78, 5) is 11.6. The Bertz CT molecular complexity index is 220. The zero-order chi connectivity index (χ0) is 12.1. The molecule has 0 heterocycles. The van der Waals surface area contributed by atoms with Crippen molar-refractivity contribution in [2.45, 2.75) is 71.9 Å². The fraction of sp³-hybridized carbons (Fsp3) is 0.929. The molecular weight excluding hydrogens is 384 g/mol. The van der Waals surface area contributed by atoms with Crippen LogP contribution in [0.25, 0.3) is 5.32 Å². The fourth-order valence-corrected chi connectivity index (χ4v) is 2.44. The molecule has 1 saturated carbocycles. The van der Waals surface area contributed by atoms with Gasteiger partial charge in [-0.15, -0.1) is 12.1 Å². The number of Topliss-reactive ketones (excluding diaryl/α,β-unsaturated/α-hetero) is 1. The predicted molar refractivity (Wildman–Crippen MR) is 68.7 cm³/mol.